The molecule has 1 saturated carbocycles. The summed E-state index contributed by atoms with van der Waals surface area (Å²) in [4.78, 5) is 0. The van der Waals surface area contributed by atoms with Crippen LogP contribution in [-0.2, 0) is 11.2 Å². The van der Waals surface area contributed by atoms with Crippen LogP contribution in [0.5, 0.6) is 5.75 Å². The van der Waals surface area contributed by atoms with E-state index >= 15 is 0 Å². The van der Waals surface area contributed by atoms with E-state index in [4.69, 9.17) is 21.1 Å². The maximum absolute atomic E-state index is 6.31. The zero-order valence-corrected chi connectivity index (χ0v) is 13.6. The fraction of sp³-hybridized carbons (Fsp3) is 0.647. The van der Waals surface area contributed by atoms with Crippen LogP contribution in [0.25, 0.3) is 0 Å². The second-order valence-electron chi connectivity index (χ2n) is 6.14. The molecule has 0 spiro atoms. The number of ether oxygens (including phenoxy) is 2. The standard InChI is InChI=1S/C17H24ClNO2/c1-3-19-15(11-17(20-2)6-4-7-17)14-10-13(18)9-12-5-8-21-16(12)14/h9-10,15,19H,3-8,11H2,1-2H3. The highest BCUT2D eigenvalue weighted by Gasteiger charge is 2.40. The SMILES string of the molecule is CCNC(CC1(OC)CCC1)c1cc(Cl)cc2c1OCC2. The van der Waals surface area contributed by atoms with Crippen molar-refractivity contribution < 1.29 is 9.47 Å². The number of hydrogen-bond acceptors (Lipinski definition) is 3. The van der Waals surface area contributed by atoms with Gasteiger partial charge in [0.25, 0.3) is 0 Å². The number of halogens is 1. The lowest BCUT2D eigenvalue weighted by Crippen LogP contribution is -2.43. The van der Waals surface area contributed by atoms with Gasteiger partial charge in [0.2, 0.25) is 0 Å². The number of nitrogens with one attached hydrogen (secondary N) is 1. The van der Waals surface area contributed by atoms with Crippen molar-refractivity contribution in [3.8, 4) is 5.75 Å². The molecule has 1 unspecified atom stereocenters. The predicted molar refractivity (Wildman–Crippen MR) is 85.3 cm³/mol. The fourth-order valence-corrected chi connectivity index (χ4v) is 3.78. The normalized spacial score (nSPS) is 20.5. The lowest BCUT2D eigenvalue weighted by molar-refractivity contribution is -0.0838. The van der Waals surface area contributed by atoms with E-state index in [0.29, 0.717) is 0 Å². The molecule has 1 N–H and O–H groups in total. The summed E-state index contributed by atoms with van der Waals surface area (Å²) in [5.41, 5.74) is 2.46. The lowest BCUT2D eigenvalue weighted by atomic mass is 9.74. The summed E-state index contributed by atoms with van der Waals surface area (Å²) < 4.78 is 11.7. The van der Waals surface area contributed by atoms with Crippen molar-refractivity contribution in [2.75, 3.05) is 20.3 Å². The third kappa shape index (κ3) is 2.92. The molecule has 0 radical (unpaired) electrons. The molecule has 3 rings (SSSR count). The first-order valence-electron chi connectivity index (χ1n) is 7.91. The maximum atomic E-state index is 6.31. The number of fused-ring (bicyclic) bond motifs is 1. The molecular formula is C17H24ClNO2. The second-order valence-corrected chi connectivity index (χ2v) is 6.57. The van der Waals surface area contributed by atoms with Crippen LogP contribution in [0.15, 0.2) is 12.1 Å². The highest BCUT2D eigenvalue weighted by Crippen LogP contribution is 2.45. The van der Waals surface area contributed by atoms with Gasteiger partial charge in [0.15, 0.2) is 0 Å². The Kier molecular flexibility index (Phi) is 4.43. The minimum absolute atomic E-state index is 0.0284. The Bertz CT molecular complexity index is 508. The van der Waals surface area contributed by atoms with Crippen LogP contribution in [0.3, 0.4) is 0 Å². The van der Waals surface area contributed by atoms with E-state index in [9.17, 15) is 0 Å². The van der Waals surface area contributed by atoms with Crippen LogP contribution in [0.4, 0.5) is 0 Å². The van der Waals surface area contributed by atoms with E-state index in [1.165, 1.54) is 17.5 Å². The summed E-state index contributed by atoms with van der Waals surface area (Å²) in [5, 5.41) is 4.40. The van der Waals surface area contributed by atoms with E-state index in [1.807, 2.05) is 13.2 Å². The summed E-state index contributed by atoms with van der Waals surface area (Å²) >= 11 is 6.31. The molecule has 1 aliphatic heterocycles. The van der Waals surface area contributed by atoms with Gasteiger partial charge in [0, 0.05) is 30.2 Å². The molecular weight excluding hydrogens is 286 g/mol. The van der Waals surface area contributed by atoms with Gasteiger partial charge in [-0.05, 0) is 49.9 Å². The molecule has 4 heteroatoms. The van der Waals surface area contributed by atoms with Gasteiger partial charge in [0.1, 0.15) is 5.75 Å². The first kappa shape index (κ1) is 15.1. The number of benzene rings is 1. The quantitative estimate of drug-likeness (QED) is 0.865. The Balaban J connectivity index is 1.90. The third-order valence-corrected chi connectivity index (χ3v) is 5.10. The number of methoxy groups -OCH3 is 1. The summed E-state index contributed by atoms with van der Waals surface area (Å²) in [7, 11) is 1.83. The van der Waals surface area contributed by atoms with Gasteiger partial charge in [-0.15, -0.1) is 0 Å². The molecule has 21 heavy (non-hydrogen) atoms. The van der Waals surface area contributed by atoms with Crippen LogP contribution in [0.1, 0.15) is 49.8 Å². The highest BCUT2D eigenvalue weighted by molar-refractivity contribution is 6.30. The van der Waals surface area contributed by atoms with Crippen molar-refractivity contribution in [1.29, 1.82) is 0 Å². The lowest BCUT2D eigenvalue weighted by Gasteiger charge is -2.43. The second kappa shape index (κ2) is 6.15. The molecule has 1 aromatic carbocycles. The number of rotatable bonds is 6. The Labute approximate surface area is 132 Å². The van der Waals surface area contributed by atoms with Crippen molar-refractivity contribution in [1.82, 2.24) is 5.32 Å². The van der Waals surface area contributed by atoms with Gasteiger partial charge >= 0.3 is 0 Å². The van der Waals surface area contributed by atoms with Gasteiger partial charge in [-0.1, -0.05) is 18.5 Å². The van der Waals surface area contributed by atoms with Gasteiger partial charge in [-0.3, -0.25) is 0 Å². The molecule has 2 aliphatic rings. The molecule has 0 amide bonds. The van der Waals surface area contributed by atoms with Crippen LogP contribution in [-0.4, -0.2) is 25.9 Å². The van der Waals surface area contributed by atoms with E-state index in [0.717, 1.165) is 49.6 Å². The highest BCUT2D eigenvalue weighted by atomic mass is 35.5. The topological polar surface area (TPSA) is 30.5 Å². The third-order valence-electron chi connectivity index (χ3n) is 4.88. The van der Waals surface area contributed by atoms with E-state index in [1.54, 1.807) is 0 Å². The van der Waals surface area contributed by atoms with Gasteiger partial charge < -0.3 is 14.8 Å². The first-order chi connectivity index (χ1) is 10.2. The van der Waals surface area contributed by atoms with E-state index < -0.39 is 0 Å². The molecule has 1 aromatic rings. The molecule has 1 aliphatic carbocycles. The Hall–Kier alpha value is -0.770. The van der Waals surface area contributed by atoms with E-state index in [2.05, 4.69) is 18.3 Å². The maximum Gasteiger partial charge on any atom is 0.127 e. The number of hydrogen-bond donors (Lipinski definition) is 1. The van der Waals surface area contributed by atoms with Crippen molar-refractivity contribution in [3.63, 3.8) is 0 Å². The van der Waals surface area contributed by atoms with Gasteiger partial charge in [0.05, 0.1) is 12.2 Å². The Morgan fingerprint density at radius 2 is 2.24 bits per heavy atom. The van der Waals surface area contributed by atoms with Gasteiger partial charge in [-0.25, -0.2) is 0 Å². The monoisotopic (exact) mass is 309 g/mol. The Morgan fingerprint density at radius 3 is 2.86 bits per heavy atom. The minimum Gasteiger partial charge on any atom is -0.493 e. The molecule has 1 atom stereocenters. The molecule has 0 bridgehead atoms. The summed E-state index contributed by atoms with van der Waals surface area (Å²) in [6.45, 7) is 3.82. The largest absolute Gasteiger partial charge is 0.493 e. The van der Waals surface area contributed by atoms with E-state index in [-0.39, 0.29) is 11.6 Å². The smallest absolute Gasteiger partial charge is 0.127 e. The zero-order chi connectivity index (χ0) is 14.9. The average Bonchev–Trinajstić information content (AvgIpc) is 2.88. The first-order valence-corrected chi connectivity index (χ1v) is 8.29. The molecule has 1 fully saturated rings. The summed E-state index contributed by atoms with van der Waals surface area (Å²) in [6.07, 6.45) is 5.49. The molecule has 0 aromatic heterocycles. The summed E-state index contributed by atoms with van der Waals surface area (Å²) in [5.74, 6) is 1.04. The van der Waals surface area contributed by atoms with Crippen LogP contribution >= 0.6 is 11.6 Å². The van der Waals surface area contributed by atoms with Crippen molar-refractivity contribution >= 4 is 11.6 Å². The van der Waals surface area contributed by atoms with Crippen molar-refractivity contribution in [2.45, 2.75) is 50.7 Å². The average molecular weight is 310 g/mol. The Morgan fingerprint density at radius 1 is 1.43 bits per heavy atom. The minimum atomic E-state index is 0.0284. The van der Waals surface area contributed by atoms with Crippen molar-refractivity contribution in [3.05, 3.63) is 28.3 Å². The molecule has 1 heterocycles. The van der Waals surface area contributed by atoms with Gasteiger partial charge in [-0.2, -0.15) is 0 Å². The molecule has 116 valence electrons. The molecule has 3 nitrogen and oxygen atoms in total. The molecule has 0 saturated heterocycles. The van der Waals surface area contributed by atoms with Crippen molar-refractivity contribution in [2.24, 2.45) is 0 Å². The fourth-order valence-electron chi connectivity index (χ4n) is 3.53. The summed E-state index contributed by atoms with van der Waals surface area (Å²) in [6, 6.07) is 4.33. The zero-order valence-electron chi connectivity index (χ0n) is 12.9. The van der Waals surface area contributed by atoms with Crippen LogP contribution in [0, 0.1) is 0 Å². The predicted octanol–water partition coefficient (Wildman–Crippen LogP) is 3.88. The van der Waals surface area contributed by atoms with Crippen LogP contribution < -0.4 is 10.1 Å². The van der Waals surface area contributed by atoms with Crippen LogP contribution in [0.2, 0.25) is 5.02 Å².